The van der Waals surface area contributed by atoms with Crippen molar-refractivity contribution in [2.45, 2.75) is 71.5 Å². The van der Waals surface area contributed by atoms with E-state index in [9.17, 15) is 19.2 Å². The second-order valence-electron chi connectivity index (χ2n) is 12.0. The van der Waals surface area contributed by atoms with E-state index in [1.54, 1.807) is 41.0 Å². The number of ether oxygens (including phenoxy) is 3. The van der Waals surface area contributed by atoms with Crippen molar-refractivity contribution in [2.75, 3.05) is 39.4 Å². The number of likely N-dealkylation sites (tertiary alicyclic amines) is 2. The number of carbonyl (C=O) groups is 4. The molecule has 226 valence electrons. The first kappa shape index (κ1) is 32.0. The number of carbonyl (C=O) groups excluding carboxylic acids is 4. The minimum atomic E-state index is -0.555. The Morgan fingerprint density at radius 2 is 1.63 bits per heavy atom. The minimum absolute atomic E-state index is 0.0586. The van der Waals surface area contributed by atoms with Crippen LogP contribution in [-0.4, -0.2) is 90.5 Å². The molecule has 0 aromatic heterocycles. The zero-order chi connectivity index (χ0) is 30.2. The molecular weight excluding hydrogens is 528 g/mol. The Labute approximate surface area is 242 Å². The predicted octanol–water partition coefficient (Wildman–Crippen LogP) is 3.38. The summed E-state index contributed by atoms with van der Waals surface area (Å²) in [6.07, 6.45) is 2.49. The number of piperidine rings is 2. The highest BCUT2D eigenvalue weighted by atomic mass is 16.6. The van der Waals surface area contributed by atoms with Gasteiger partial charge in [0.05, 0.1) is 12.7 Å². The molecule has 2 saturated heterocycles. The van der Waals surface area contributed by atoms with Crippen LogP contribution in [0.2, 0.25) is 0 Å². The Balaban J connectivity index is 1.33. The highest BCUT2D eigenvalue weighted by molar-refractivity contribution is 6.00. The number of nitrogens with zero attached hydrogens (tertiary/aromatic N) is 2. The van der Waals surface area contributed by atoms with Crippen LogP contribution in [0, 0.1) is 17.2 Å². The summed E-state index contributed by atoms with van der Waals surface area (Å²) in [4.78, 5) is 53.6. The van der Waals surface area contributed by atoms with Gasteiger partial charge in [-0.3, -0.25) is 15.0 Å². The first-order valence-electron chi connectivity index (χ1n) is 14.3. The zero-order valence-electron chi connectivity index (χ0n) is 24.6. The first-order chi connectivity index (χ1) is 19.3. The second-order valence-corrected chi connectivity index (χ2v) is 12.0. The third kappa shape index (κ3) is 10.1. The number of nitrogens with two attached hydrogens (primary N) is 1. The van der Waals surface area contributed by atoms with E-state index in [1.165, 1.54) is 0 Å². The molecule has 1 aromatic rings. The Bertz CT molecular complexity index is 1090. The molecule has 0 radical (unpaired) electrons. The molecule has 11 heteroatoms. The summed E-state index contributed by atoms with van der Waals surface area (Å²) in [5, 5.41) is 7.45. The van der Waals surface area contributed by atoms with E-state index < -0.39 is 17.5 Å². The van der Waals surface area contributed by atoms with Gasteiger partial charge in [0.1, 0.15) is 18.0 Å². The summed E-state index contributed by atoms with van der Waals surface area (Å²) in [6, 6.07) is 6.49. The van der Waals surface area contributed by atoms with Crippen LogP contribution in [0.25, 0.3) is 0 Å². The number of nitrogen functional groups attached to an aromatic ring is 1. The number of rotatable bonds is 10. The second kappa shape index (κ2) is 14.4. The number of amides is 2. The lowest BCUT2D eigenvalue weighted by Crippen LogP contribution is -2.44. The first-order valence-corrected chi connectivity index (χ1v) is 14.3. The molecule has 41 heavy (non-hydrogen) atoms. The van der Waals surface area contributed by atoms with Crippen LogP contribution in [0.4, 0.5) is 4.79 Å². The average molecular weight is 573 g/mol. The summed E-state index contributed by atoms with van der Waals surface area (Å²) in [5.74, 6) is -1.13. The largest absolute Gasteiger partial charge is 0.464 e. The van der Waals surface area contributed by atoms with Crippen molar-refractivity contribution in [1.29, 1.82) is 5.41 Å². The summed E-state index contributed by atoms with van der Waals surface area (Å²) in [6.45, 7) is 9.43. The van der Waals surface area contributed by atoms with E-state index in [-0.39, 0.29) is 55.3 Å². The maximum absolute atomic E-state index is 12.9. The molecule has 0 spiro atoms. The van der Waals surface area contributed by atoms with E-state index in [0.29, 0.717) is 50.1 Å². The Hall–Kier alpha value is -3.47. The number of esters is 1. The Morgan fingerprint density at radius 1 is 1.00 bits per heavy atom. The monoisotopic (exact) mass is 572 g/mol. The van der Waals surface area contributed by atoms with Gasteiger partial charge in [-0.15, -0.1) is 0 Å². The van der Waals surface area contributed by atoms with Crippen LogP contribution in [-0.2, 0) is 23.8 Å². The average Bonchev–Trinajstić information content (AvgIpc) is 2.94. The van der Waals surface area contributed by atoms with Crippen molar-refractivity contribution < 1.29 is 33.4 Å². The molecule has 2 heterocycles. The lowest BCUT2D eigenvalue weighted by atomic mass is 9.96. The summed E-state index contributed by atoms with van der Waals surface area (Å²) >= 11 is 0. The molecule has 1 unspecified atom stereocenters. The predicted molar refractivity (Wildman–Crippen MR) is 153 cm³/mol. The fourth-order valence-electron chi connectivity index (χ4n) is 5.01. The van der Waals surface area contributed by atoms with Gasteiger partial charge in [0.25, 0.3) is 0 Å². The van der Waals surface area contributed by atoms with Gasteiger partial charge in [0, 0.05) is 55.6 Å². The Kier molecular flexibility index (Phi) is 11.3. The molecule has 0 aliphatic carbocycles. The van der Waals surface area contributed by atoms with Crippen LogP contribution in [0.5, 0.6) is 0 Å². The van der Waals surface area contributed by atoms with Gasteiger partial charge < -0.3 is 29.7 Å². The molecule has 3 rings (SSSR count). The molecule has 11 nitrogen and oxygen atoms in total. The van der Waals surface area contributed by atoms with Gasteiger partial charge >= 0.3 is 12.1 Å². The van der Waals surface area contributed by atoms with Gasteiger partial charge in [0.2, 0.25) is 5.91 Å². The van der Waals surface area contributed by atoms with Crippen LogP contribution in [0.3, 0.4) is 0 Å². The maximum Gasteiger partial charge on any atom is 0.410 e. The van der Waals surface area contributed by atoms with E-state index in [0.717, 1.165) is 12.8 Å². The van der Waals surface area contributed by atoms with Gasteiger partial charge in [0.15, 0.2) is 5.78 Å². The number of benzene rings is 1. The summed E-state index contributed by atoms with van der Waals surface area (Å²) < 4.78 is 16.6. The molecule has 3 N–H and O–H groups in total. The van der Waals surface area contributed by atoms with Crippen molar-refractivity contribution in [3.05, 3.63) is 35.4 Å². The third-order valence-electron chi connectivity index (χ3n) is 7.27. The minimum Gasteiger partial charge on any atom is -0.464 e. The standard InChI is InChI=1S/C30H44N4O7/c1-20(16-25(35)22-7-9-23(10-8-22)27(31)32)28(37)33-14-11-24(12-15-33)39-19-26(36)40-18-21-6-5-13-34(17-21)29(38)41-30(2,3)4/h7-10,20-21,24H,5-6,11-19H2,1-4H3,(H3,31,32)/t20-,21?/m1/s1. The lowest BCUT2D eigenvalue weighted by Gasteiger charge is -2.34. The van der Waals surface area contributed by atoms with E-state index in [1.807, 2.05) is 20.8 Å². The Morgan fingerprint density at radius 3 is 2.24 bits per heavy atom. The smallest absolute Gasteiger partial charge is 0.410 e. The molecule has 2 aliphatic rings. The molecular formula is C30H44N4O7. The van der Waals surface area contributed by atoms with E-state index in [2.05, 4.69) is 0 Å². The van der Waals surface area contributed by atoms with Gasteiger partial charge in [-0.25, -0.2) is 9.59 Å². The molecule has 2 amide bonds. The van der Waals surface area contributed by atoms with Crippen molar-refractivity contribution in [3.8, 4) is 0 Å². The lowest BCUT2D eigenvalue weighted by molar-refractivity contribution is -0.155. The number of hydrogen-bond acceptors (Lipinski definition) is 8. The van der Waals surface area contributed by atoms with Crippen LogP contribution < -0.4 is 5.73 Å². The topological polar surface area (TPSA) is 152 Å². The number of hydrogen-bond donors (Lipinski definition) is 2. The molecule has 2 aliphatic heterocycles. The van der Waals surface area contributed by atoms with Gasteiger partial charge in [-0.05, 0) is 46.5 Å². The SMILES string of the molecule is C[C@H](CC(=O)c1ccc(C(=N)N)cc1)C(=O)N1CCC(OCC(=O)OCC2CCCN(C(=O)OC(C)(C)C)C2)CC1. The maximum atomic E-state index is 12.9. The zero-order valence-corrected chi connectivity index (χ0v) is 24.6. The molecule has 2 fully saturated rings. The fourth-order valence-corrected chi connectivity index (χ4v) is 5.01. The van der Waals surface area contributed by atoms with Crippen LogP contribution >= 0.6 is 0 Å². The van der Waals surface area contributed by atoms with Crippen molar-refractivity contribution in [2.24, 2.45) is 17.6 Å². The van der Waals surface area contributed by atoms with E-state index >= 15 is 0 Å². The van der Waals surface area contributed by atoms with Crippen LogP contribution in [0.1, 0.15) is 75.7 Å². The fraction of sp³-hybridized carbons (Fsp3) is 0.633. The third-order valence-corrected chi connectivity index (χ3v) is 7.27. The van der Waals surface area contributed by atoms with Crippen molar-refractivity contribution in [1.82, 2.24) is 9.80 Å². The summed E-state index contributed by atoms with van der Waals surface area (Å²) in [7, 11) is 0. The normalized spacial score (nSPS) is 18.9. The number of Topliss-reactive ketones (excluding diaryl/α,β-unsaturated/α-hetero) is 1. The van der Waals surface area contributed by atoms with Crippen molar-refractivity contribution in [3.63, 3.8) is 0 Å². The number of amidine groups is 1. The molecule has 0 bridgehead atoms. The number of ketones is 1. The molecule has 0 saturated carbocycles. The highest BCUT2D eigenvalue weighted by Gasteiger charge is 2.30. The van der Waals surface area contributed by atoms with Gasteiger partial charge in [-0.2, -0.15) is 0 Å². The number of nitrogens with one attached hydrogen (secondary N) is 1. The summed E-state index contributed by atoms with van der Waals surface area (Å²) in [5.41, 5.74) is 5.93. The molecule has 1 aromatic carbocycles. The molecule has 2 atom stereocenters. The van der Waals surface area contributed by atoms with Crippen LogP contribution in [0.15, 0.2) is 24.3 Å². The van der Waals surface area contributed by atoms with Gasteiger partial charge in [-0.1, -0.05) is 31.2 Å². The quantitative estimate of drug-likeness (QED) is 0.187. The van der Waals surface area contributed by atoms with E-state index in [4.69, 9.17) is 25.4 Å². The highest BCUT2D eigenvalue weighted by Crippen LogP contribution is 2.21. The van der Waals surface area contributed by atoms with Crippen molar-refractivity contribution >= 4 is 29.6 Å².